The zero-order valence-corrected chi connectivity index (χ0v) is 15.0. The Kier molecular flexibility index (Phi) is 6.62. The third-order valence-corrected chi connectivity index (χ3v) is 5.14. The standard InChI is InChI=1S/C4Cl8O2.C4H4O2/c5-1(6)2(7,8)14-4(11,12)3(9,10)13-1;1-2-6-4-3-5-1/h;1-4H. The fourth-order valence-electron chi connectivity index (χ4n) is 0.779. The molecule has 2 aliphatic heterocycles. The molecule has 0 aromatic rings. The predicted octanol–water partition coefficient (Wildman–Crippen LogP) is 5.53. The van der Waals surface area contributed by atoms with E-state index in [0.717, 1.165) is 0 Å². The average molecular weight is 448 g/mol. The van der Waals surface area contributed by atoms with E-state index in [1.807, 2.05) is 0 Å². The number of hydrogen-bond donors (Lipinski definition) is 0. The lowest BCUT2D eigenvalue weighted by atomic mass is 10.6. The van der Waals surface area contributed by atoms with Gasteiger partial charge in [0.2, 0.25) is 0 Å². The van der Waals surface area contributed by atoms with Gasteiger partial charge in [0.1, 0.15) is 25.0 Å². The van der Waals surface area contributed by atoms with E-state index in [1.165, 1.54) is 25.0 Å². The molecule has 0 radical (unpaired) electrons. The molecule has 0 atom stereocenters. The van der Waals surface area contributed by atoms with Crippen LogP contribution >= 0.6 is 92.8 Å². The summed E-state index contributed by atoms with van der Waals surface area (Å²) in [4.78, 5) is 0. The molecule has 0 aromatic heterocycles. The van der Waals surface area contributed by atoms with Crippen molar-refractivity contribution in [3.05, 3.63) is 25.0 Å². The van der Waals surface area contributed by atoms with E-state index in [-0.39, 0.29) is 0 Å². The van der Waals surface area contributed by atoms with Gasteiger partial charge < -0.3 is 18.9 Å². The molecule has 2 heterocycles. The molecule has 1 saturated heterocycles. The lowest BCUT2D eigenvalue weighted by molar-refractivity contribution is -0.180. The topological polar surface area (TPSA) is 36.9 Å². The van der Waals surface area contributed by atoms with Gasteiger partial charge in [-0.1, -0.05) is 92.8 Å². The predicted molar refractivity (Wildman–Crippen MR) is 80.4 cm³/mol. The Morgan fingerprint density at radius 3 is 0.800 bits per heavy atom. The van der Waals surface area contributed by atoms with Crippen molar-refractivity contribution < 1.29 is 18.9 Å². The van der Waals surface area contributed by atoms with Crippen molar-refractivity contribution in [3.8, 4) is 0 Å². The third-order valence-electron chi connectivity index (χ3n) is 1.62. The Hall–Kier alpha value is 1.32. The molecule has 4 nitrogen and oxygen atoms in total. The Morgan fingerprint density at radius 2 is 0.650 bits per heavy atom. The van der Waals surface area contributed by atoms with Gasteiger partial charge in [-0.15, -0.1) is 0 Å². The van der Waals surface area contributed by atoms with E-state index >= 15 is 0 Å². The highest BCUT2D eigenvalue weighted by Gasteiger charge is 2.69. The number of rotatable bonds is 0. The molecule has 116 valence electrons. The summed E-state index contributed by atoms with van der Waals surface area (Å²) in [6.45, 7) is 0. The van der Waals surface area contributed by atoms with Crippen molar-refractivity contribution >= 4 is 92.8 Å². The normalized spacial score (nSPS) is 27.6. The van der Waals surface area contributed by atoms with Gasteiger partial charge in [0.25, 0.3) is 18.1 Å². The van der Waals surface area contributed by atoms with Crippen LogP contribution in [0.5, 0.6) is 0 Å². The molecule has 0 bridgehead atoms. The van der Waals surface area contributed by atoms with Crippen LogP contribution in [0.3, 0.4) is 0 Å². The van der Waals surface area contributed by atoms with Gasteiger partial charge in [-0.2, -0.15) is 0 Å². The van der Waals surface area contributed by atoms with Gasteiger partial charge in [0.15, 0.2) is 0 Å². The van der Waals surface area contributed by atoms with Crippen molar-refractivity contribution in [1.29, 1.82) is 0 Å². The van der Waals surface area contributed by atoms with Crippen LogP contribution in [0.1, 0.15) is 0 Å². The molecule has 0 aromatic carbocycles. The van der Waals surface area contributed by atoms with E-state index in [2.05, 4.69) is 9.47 Å². The minimum atomic E-state index is -2.22. The molecule has 20 heavy (non-hydrogen) atoms. The average Bonchev–Trinajstić information content (AvgIpc) is 2.27. The third kappa shape index (κ3) is 4.66. The molecular formula is C8H4Cl8O4. The van der Waals surface area contributed by atoms with Gasteiger partial charge >= 0.3 is 0 Å². The van der Waals surface area contributed by atoms with Crippen molar-refractivity contribution in [2.75, 3.05) is 0 Å². The van der Waals surface area contributed by atoms with E-state index < -0.39 is 18.1 Å². The fraction of sp³-hybridized carbons (Fsp3) is 0.500. The maximum atomic E-state index is 5.54. The van der Waals surface area contributed by atoms with Crippen LogP contribution in [0, 0.1) is 0 Å². The summed E-state index contributed by atoms with van der Waals surface area (Å²) in [5, 5.41) is 0. The zero-order valence-electron chi connectivity index (χ0n) is 8.97. The van der Waals surface area contributed by atoms with Crippen LogP contribution in [0.15, 0.2) is 25.0 Å². The minimum absolute atomic E-state index is 1.46. The molecule has 0 N–H and O–H groups in total. The summed E-state index contributed by atoms with van der Waals surface area (Å²) < 4.78 is 9.71. The van der Waals surface area contributed by atoms with Crippen molar-refractivity contribution in [2.24, 2.45) is 0 Å². The monoisotopic (exact) mass is 444 g/mol. The molecular weight excluding hydrogens is 444 g/mol. The summed E-state index contributed by atoms with van der Waals surface area (Å²) in [5.74, 6) is 0. The molecule has 2 rings (SSSR count). The van der Waals surface area contributed by atoms with Gasteiger partial charge in [0.05, 0.1) is 0 Å². The first-order valence-electron chi connectivity index (χ1n) is 4.44. The molecule has 1 fully saturated rings. The summed E-state index contributed by atoms with van der Waals surface area (Å²) in [5.41, 5.74) is 0. The maximum Gasteiger partial charge on any atom is 0.279 e. The molecule has 0 amide bonds. The summed E-state index contributed by atoms with van der Waals surface area (Å²) in [6, 6.07) is 0. The molecule has 12 heteroatoms. The van der Waals surface area contributed by atoms with Crippen LogP contribution in [-0.2, 0) is 18.9 Å². The van der Waals surface area contributed by atoms with Crippen molar-refractivity contribution in [1.82, 2.24) is 0 Å². The molecule has 0 aliphatic carbocycles. The van der Waals surface area contributed by atoms with Gasteiger partial charge in [-0.05, 0) is 0 Å². The molecule has 0 spiro atoms. The van der Waals surface area contributed by atoms with Crippen molar-refractivity contribution in [3.63, 3.8) is 0 Å². The number of ether oxygens (including phenoxy) is 4. The fourth-order valence-corrected chi connectivity index (χ4v) is 2.33. The van der Waals surface area contributed by atoms with E-state index in [0.29, 0.717) is 0 Å². The first kappa shape index (κ1) is 19.4. The summed E-state index contributed by atoms with van der Waals surface area (Å²) in [6.07, 6.45) is 5.83. The summed E-state index contributed by atoms with van der Waals surface area (Å²) >= 11 is 44.3. The first-order chi connectivity index (χ1) is 8.91. The van der Waals surface area contributed by atoms with E-state index in [4.69, 9.17) is 102 Å². The molecule has 0 saturated carbocycles. The highest BCUT2D eigenvalue weighted by Crippen LogP contribution is 2.60. The number of halogens is 8. The van der Waals surface area contributed by atoms with Crippen LogP contribution in [0.25, 0.3) is 0 Å². The van der Waals surface area contributed by atoms with Gasteiger partial charge in [0, 0.05) is 0 Å². The van der Waals surface area contributed by atoms with Crippen LogP contribution in [-0.4, -0.2) is 18.1 Å². The Balaban J connectivity index is 0.000000276. The molecule has 2 aliphatic rings. The quantitative estimate of drug-likeness (QED) is 0.457. The summed E-state index contributed by atoms with van der Waals surface area (Å²) in [7, 11) is 0. The largest absolute Gasteiger partial charge is 0.466 e. The van der Waals surface area contributed by atoms with Crippen molar-refractivity contribution in [2.45, 2.75) is 18.1 Å². The van der Waals surface area contributed by atoms with Crippen LogP contribution in [0.2, 0.25) is 0 Å². The molecule has 0 unspecified atom stereocenters. The van der Waals surface area contributed by atoms with Crippen LogP contribution < -0.4 is 0 Å². The highest BCUT2D eigenvalue weighted by molar-refractivity contribution is 6.65. The smallest absolute Gasteiger partial charge is 0.279 e. The minimum Gasteiger partial charge on any atom is -0.466 e. The van der Waals surface area contributed by atoms with E-state index in [1.54, 1.807) is 0 Å². The lowest BCUT2D eigenvalue weighted by Gasteiger charge is -2.47. The number of alkyl halides is 8. The second-order valence-electron chi connectivity index (χ2n) is 3.09. The number of hydrogen-bond acceptors (Lipinski definition) is 4. The first-order valence-corrected chi connectivity index (χ1v) is 7.46. The zero-order chi connectivity index (χ0) is 15.7. The Morgan fingerprint density at radius 1 is 0.450 bits per heavy atom. The lowest BCUT2D eigenvalue weighted by Crippen LogP contribution is -2.60. The second-order valence-corrected chi connectivity index (χ2v) is 8.12. The van der Waals surface area contributed by atoms with Crippen LogP contribution in [0.4, 0.5) is 0 Å². The highest BCUT2D eigenvalue weighted by atomic mass is 35.5. The second kappa shape index (κ2) is 6.83. The Bertz CT molecular complexity index is 335. The van der Waals surface area contributed by atoms with Gasteiger partial charge in [-0.3, -0.25) is 0 Å². The Labute approximate surface area is 154 Å². The maximum absolute atomic E-state index is 5.54. The van der Waals surface area contributed by atoms with Gasteiger partial charge in [-0.25, -0.2) is 0 Å². The SMILES string of the molecule is C1=COC=CO1.ClC1(Cl)OC(Cl)(Cl)C(Cl)(Cl)OC1(Cl)Cl. The van der Waals surface area contributed by atoms with E-state index in [9.17, 15) is 0 Å².